The van der Waals surface area contributed by atoms with E-state index in [0.29, 0.717) is 13.2 Å². The minimum Gasteiger partial charge on any atom is -0.497 e. The van der Waals surface area contributed by atoms with E-state index >= 15 is 0 Å². The molecule has 2 N–H and O–H groups in total. The van der Waals surface area contributed by atoms with Gasteiger partial charge in [-0.2, -0.15) is 0 Å². The first-order valence-electron chi connectivity index (χ1n) is 6.97. The van der Waals surface area contributed by atoms with E-state index in [2.05, 4.69) is 10.6 Å². The molecule has 0 atom stereocenters. The summed E-state index contributed by atoms with van der Waals surface area (Å²) in [5, 5.41) is 5.62. The first-order chi connectivity index (χ1) is 10.7. The Labute approximate surface area is 130 Å². The van der Waals surface area contributed by atoms with Crippen molar-refractivity contribution < 1.29 is 14.3 Å². The average molecular weight is 300 g/mol. The number of rotatable bonds is 6. The van der Waals surface area contributed by atoms with E-state index in [0.717, 1.165) is 22.6 Å². The first-order valence-corrected chi connectivity index (χ1v) is 6.97. The molecule has 22 heavy (non-hydrogen) atoms. The van der Waals surface area contributed by atoms with Gasteiger partial charge < -0.3 is 20.1 Å². The van der Waals surface area contributed by atoms with E-state index in [-0.39, 0.29) is 6.03 Å². The quantitative estimate of drug-likeness (QED) is 0.861. The molecule has 0 fully saturated rings. The standard InChI is InChI=1S/C17H20N2O3/c1-21-12-14-4-3-5-15(10-14)19-17(20)18-11-13-6-8-16(22-2)9-7-13/h3-10H,11-12H2,1-2H3,(H2,18,19,20). The Balaban J connectivity index is 1.85. The van der Waals surface area contributed by atoms with Crippen LogP contribution in [0.5, 0.6) is 5.75 Å². The molecule has 5 nitrogen and oxygen atoms in total. The highest BCUT2D eigenvalue weighted by Gasteiger charge is 2.03. The Kier molecular flexibility index (Phi) is 5.80. The Bertz CT molecular complexity index is 612. The van der Waals surface area contributed by atoms with Crippen molar-refractivity contribution in [3.8, 4) is 5.75 Å². The highest BCUT2D eigenvalue weighted by Crippen LogP contribution is 2.12. The lowest BCUT2D eigenvalue weighted by Crippen LogP contribution is -2.28. The number of carbonyl (C=O) groups is 1. The summed E-state index contributed by atoms with van der Waals surface area (Å²) in [5.74, 6) is 0.795. The third-order valence-corrected chi connectivity index (χ3v) is 3.11. The fraction of sp³-hybridized carbons (Fsp3) is 0.235. The minimum absolute atomic E-state index is 0.245. The first kappa shape index (κ1) is 15.9. The number of hydrogen-bond donors (Lipinski definition) is 2. The lowest BCUT2D eigenvalue weighted by molar-refractivity contribution is 0.185. The number of amides is 2. The molecule has 2 rings (SSSR count). The van der Waals surface area contributed by atoms with Gasteiger partial charge in [0.05, 0.1) is 13.7 Å². The topological polar surface area (TPSA) is 59.6 Å². The van der Waals surface area contributed by atoms with Gasteiger partial charge in [0, 0.05) is 19.3 Å². The van der Waals surface area contributed by atoms with Crippen LogP contribution in [-0.4, -0.2) is 20.3 Å². The highest BCUT2D eigenvalue weighted by atomic mass is 16.5. The van der Waals surface area contributed by atoms with Crippen LogP contribution in [0, 0.1) is 0 Å². The summed E-state index contributed by atoms with van der Waals surface area (Å²) in [6, 6.07) is 14.9. The van der Waals surface area contributed by atoms with Gasteiger partial charge in [-0.25, -0.2) is 4.79 Å². The Morgan fingerprint density at radius 3 is 2.50 bits per heavy atom. The smallest absolute Gasteiger partial charge is 0.319 e. The maximum Gasteiger partial charge on any atom is 0.319 e. The predicted molar refractivity (Wildman–Crippen MR) is 86.0 cm³/mol. The summed E-state index contributed by atoms with van der Waals surface area (Å²) in [6.45, 7) is 0.969. The maximum absolute atomic E-state index is 11.9. The number of benzene rings is 2. The van der Waals surface area contributed by atoms with Gasteiger partial charge in [-0.3, -0.25) is 0 Å². The molecular weight excluding hydrogens is 280 g/mol. The van der Waals surface area contributed by atoms with E-state index in [1.807, 2.05) is 48.5 Å². The van der Waals surface area contributed by atoms with Crippen molar-refractivity contribution >= 4 is 11.7 Å². The van der Waals surface area contributed by atoms with Crippen LogP contribution in [0.15, 0.2) is 48.5 Å². The maximum atomic E-state index is 11.9. The molecule has 2 aromatic carbocycles. The second-order valence-electron chi connectivity index (χ2n) is 4.79. The number of nitrogens with one attached hydrogen (secondary N) is 2. The van der Waals surface area contributed by atoms with Crippen LogP contribution >= 0.6 is 0 Å². The van der Waals surface area contributed by atoms with Crippen LogP contribution in [0.2, 0.25) is 0 Å². The molecule has 0 bridgehead atoms. The van der Waals surface area contributed by atoms with E-state index in [4.69, 9.17) is 9.47 Å². The molecule has 0 aliphatic carbocycles. The van der Waals surface area contributed by atoms with Gasteiger partial charge in [0.15, 0.2) is 0 Å². The molecular formula is C17H20N2O3. The summed E-state index contributed by atoms with van der Waals surface area (Å²) < 4.78 is 10.2. The number of anilines is 1. The summed E-state index contributed by atoms with van der Waals surface area (Å²) in [6.07, 6.45) is 0. The van der Waals surface area contributed by atoms with Gasteiger partial charge in [0.25, 0.3) is 0 Å². The van der Waals surface area contributed by atoms with Crippen molar-refractivity contribution in [3.63, 3.8) is 0 Å². The van der Waals surface area contributed by atoms with Crippen LogP contribution in [-0.2, 0) is 17.9 Å². The molecule has 116 valence electrons. The van der Waals surface area contributed by atoms with Gasteiger partial charge in [-0.1, -0.05) is 24.3 Å². The van der Waals surface area contributed by atoms with E-state index in [9.17, 15) is 4.79 Å². The normalized spacial score (nSPS) is 10.1. The Morgan fingerprint density at radius 1 is 1.05 bits per heavy atom. The molecule has 0 aliphatic heterocycles. The summed E-state index contributed by atoms with van der Waals surface area (Å²) >= 11 is 0. The average Bonchev–Trinajstić information content (AvgIpc) is 2.54. The lowest BCUT2D eigenvalue weighted by atomic mass is 10.2. The SMILES string of the molecule is COCc1cccc(NC(=O)NCc2ccc(OC)cc2)c1. The van der Waals surface area contributed by atoms with Crippen molar-refractivity contribution in [1.29, 1.82) is 0 Å². The van der Waals surface area contributed by atoms with Gasteiger partial charge >= 0.3 is 6.03 Å². The molecule has 2 amide bonds. The molecule has 0 radical (unpaired) electrons. The van der Waals surface area contributed by atoms with Crippen LogP contribution in [0.1, 0.15) is 11.1 Å². The summed E-state index contributed by atoms with van der Waals surface area (Å²) in [5.41, 5.74) is 2.75. The molecule has 0 spiro atoms. The molecule has 2 aromatic rings. The minimum atomic E-state index is -0.245. The predicted octanol–water partition coefficient (Wildman–Crippen LogP) is 3.16. The van der Waals surface area contributed by atoms with Crippen LogP contribution < -0.4 is 15.4 Å². The zero-order valence-corrected chi connectivity index (χ0v) is 12.8. The van der Waals surface area contributed by atoms with Crippen molar-refractivity contribution in [3.05, 3.63) is 59.7 Å². The van der Waals surface area contributed by atoms with Crippen LogP contribution in [0.4, 0.5) is 10.5 Å². The molecule has 0 saturated heterocycles. The molecule has 0 aliphatic rings. The molecule has 0 unspecified atom stereocenters. The third kappa shape index (κ3) is 4.79. The van der Waals surface area contributed by atoms with Gasteiger partial charge in [-0.15, -0.1) is 0 Å². The number of methoxy groups -OCH3 is 2. The van der Waals surface area contributed by atoms with E-state index < -0.39 is 0 Å². The molecule has 0 heterocycles. The van der Waals surface area contributed by atoms with E-state index in [1.165, 1.54) is 0 Å². The zero-order chi connectivity index (χ0) is 15.8. The van der Waals surface area contributed by atoms with Gasteiger partial charge in [0.1, 0.15) is 5.75 Å². The number of urea groups is 1. The third-order valence-electron chi connectivity index (χ3n) is 3.11. The molecule has 5 heteroatoms. The fourth-order valence-electron chi connectivity index (χ4n) is 2.01. The Hall–Kier alpha value is -2.53. The summed E-state index contributed by atoms with van der Waals surface area (Å²) in [4.78, 5) is 11.9. The number of carbonyl (C=O) groups excluding carboxylic acids is 1. The molecule has 0 aromatic heterocycles. The lowest BCUT2D eigenvalue weighted by Gasteiger charge is -2.09. The summed E-state index contributed by atoms with van der Waals surface area (Å²) in [7, 11) is 3.26. The molecule has 0 saturated carbocycles. The second-order valence-corrected chi connectivity index (χ2v) is 4.79. The van der Waals surface area contributed by atoms with E-state index in [1.54, 1.807) is 14.2 Å². The largest absolute Gasteiger partial charge is 0.497 e. The zero-order valence-electron chi connectivity index (χ0n) is 12.8. The Morgan fingerprint density at radius 2 is 1.82 bits per heavy atom. The van der Waals surface area contributed by atoms with Crippen LogP contribution in [0.3, 0.4) is 0 Å². The van der Waals surface area contributed by atoms with Crippen LogP contribution in [0.25, 0.3) is 0 Å². The van der Waals surface area contributed by atoms with Crippen molar-refractivity contribution in [2.24, 2.45) is 0 Å². The second kappa shape index (κ2) is 8.05. The number of hydrogen-bond acceptors (Lipinski definition) is 3. The highest BCUT2D eigenvalue weighted by molar-refractivity contribution is 5.89. The van der Waals surface area contributed by atoms with Crippen molar-refractivity contribution in [1.82, 2.24) is 5.32 Å². The monoisotopic (exact) mass is 300 g/mol. The van der Waals surface area contributed by atoms with Gasteiger partial charge in [-0.05, 0) is 35.4 Å². The van der Waals surface area contributed by atoms with Gasteiger partial charge in [0.2, 0.25) is 0 Å². The number of ether oxygens (including phenoxy) is 2. The van der Waals surface area contributed by atoms with Crippen molar-refractivity contribution in [2.75, 3.05) is 19.5 Å². The van der Waals surface area contributed by atoms with Crippen molar-refractivity contribution in [2.45, 2.75) is 13.2 Å². The fourth-order valence-corrected chi connectivity index (χ4v) is 2.01.